The first-order valence-corrected chi connectivity index (χ1v) is 8.49. The highest BCUT2D eigenvalue weighted by Crippen LogP contribution is 2.22. The van der Waals surface area contributed by atoms with Crippen molar-refractivity contribution in [1.82, 2.24) is 9.55 Å². The number of methoxy groups -OCH3 is 1. The van der Waals surface area contributed by atoms with Gasteiger partial charge in [-0.15, -0.1) is 0 Å². The molecule has 5 heteroatoms. The average Bonchev–Trinajstić information content (AvgIpc) is 3.03. The van der Waals surface area contributed by atoms with Crippen molar-refractivity contribution in [3.8, 4) is 5.75 Å². The van der Waals surface area contributed by atoms with Gasteiger partial charge in [0.2, 0.25) is 0 Å². The first kappa shape index (κ1) is 16.1. The third-order valence-electron chi connectivity index (χ3n) is 4.59. The van der Waals surface area contributed by atoms with Gasteiger partial charge in [-0.1, -0.05) is 36.9 Å². The highest BCUT2D eigenvalue weighted by molar-refractivity contribution is 5.69. The van der Waals surface area contributed by atoms with Gasteiger partial charge in [0.1, 0.15) is 11.2 Å². The first-order chi connectivity index (χ1) is 12.7. The van der Waals surface area contributed by atoms with Crippen molar-refractivity contribution in [1.29, 1.82) is 0 Å². The molecule has 0 saturated carbocycles. The Kier molecular flexibility index (Phi) is 4.05. The number of nitrogens with zero attached hydrogens (tertiary/aromatic N) is 3. The topological polar surface area (TPSA) is 51.4 Å². The fourth-order valence-corrected chi connectivity index (χ4v) is 3.15. The van der Waals surface area contributed by atoms with E-state index in [1.165, 1.54) is 5.56 Å². The summed E-state index contributed by atoms with van der Waals surface area (Å²) in [5.74, 6) is 1.55. The lowest BCUT2D eigenvalue weighted by Crippen LogP contribution is -2.31. The molecule has 1 atom stereocenters. The van der Waals surface area contributed by atoms with Crippen LogP contribution >= 0.6 is 0 Å². The molecule has 0 aliphatic carbocycles. The average molecular weight is 344 g/mol. The van der Waals surface area contributed by atoms with Crippen molar-refractivity contribution in [2.45, 2.75) is 13.0 Å². The Morgan fingerprint density at radius 1 is 1.08 bits per heavy atom. The number of imidazole rings is 1. The minimum absolute atomic E-state index is 0.0840. The van der Waals surface area contributed by atoms with Crippen LogP contribution in [0.5, 0.6) is 5.75 Å². The number of fused-ring (bicyclic) bond motifs is 1. The lowest BCUT2D eigenvalue weighted by molar-refractivity contribution is 0.415. The quantitative estimate of drug-likeness (QED) is 0.792. The van der Waals surface area contributed by atoms with E-state index in [0.29, 0.717) is 5.48 Å². The van der Waals surface area contributed by atoms with E-state index in [0.717, 1.165) is 28.3 Å². The van der Waals surface area contributed by atoms with Gasteiger partial charge in [0.25, 0.3) is 0 Å². The van der Waals surface area contributed by atoms with E-state index in [1.54, 1.807) is 7.11 Å². The molecular formula is C21H20N4O. The molecule has 1 aliphatic heterocycles. The lowest BCUT2D eigenvalue weighted by atomic mass is 10.1. The molecule has 1 aliphatic rings. The zero-order valence-corrected chi connectivity index (χ0v) is 14.8. The largest absolute Gasteiger partial charge is 0.497 e. The Morgan fingerprint density at radius 2 is 1.81 bits per heavy atom. The molecule has 1 unspecified atom stereocenters. The van der Waals surface area contributed by atoms with Gasteiger partial charge < -0.3 is 14.6 Å². The molecule has 5 nitrogen and oxygen atoms in total. The molecule has 0 saturated heterocycles. The highest BCUT2D eigenvalue weighted by atomic mass is 16.5. The summed E-state index contributed by atoms with van der Waals surface area (Å²) in [7, 11) is 1.66. The second kappa shape index (κ2) is 6.52. The van der Waals surface area contributed by atoms with Crippen LogP contribution in [-0.2, 0) is 0 Å². The summed E-state index contributed by atoms with van der Waals surface area (Å²) in [4.78, 5) is 9.39. The summed E-state index contributed by atoms with van der Waals surface area (Å²) >= 11 is 0. The summed E-state index contributed by atoms with van der Waals surface area (Å²) in [6.07, 6.45) is 1.87. The zero-order chi connectivity index (χ0) is 18.1. The maximum atomic E-state index is 5.23. The van der Waals surface area contributed by atoms with Gasteiger partial charge in [-0.05, 0) is 36.8 Å². The lowest BCUT2D eigenvalue weighted by Gasteiger charge is -2.16. The number of ether oxygens (including phenoxy) is 1. The van der Waals surface area contributed by atoms with Gasteiger partial charge >= 0.3 is 0 Å². The van der Waals surface area contributed by atoms with Crippen molar-refractivity contribution in [2.75, 3.05) is 12.4 Å². The number of hydrogen-bond acceptors (Lipinski definition) is 4. The zero-order valence-electron chi connectivity index (χ0n) is 14.8. The van der Waals surface area contributed by atoms with Gasteiger partial charge in [-0.25, -0.2) is 9.98 Å². The molecule has 130 valence electrons. The molecule has 3 aromatic rings. The standard InChI is InChI=1S/C21H20N4O/c1-14(16-7-5-4-6-8-16)25-15(2)23-20-21(25)24-19(13-22-20)17-9-11-18(26-3)12-10-17/h4-14H,2H2,1,3H3,(H,22,23). The summed E-state index contributed by atoms with van der Waals surface area (Å²) in [6, 6.07) is 18.2. The van der Waals surface area contributed by atoms with Crippen LogP contribution in [0.25, 0.3) is 12.3 Å². The van der Waals surface area contributed by atoms with E-state index in [4.69, 9.17) is 9.73 Å². The maximum Gasteiger partial charge on any atom is 0.179 e. The third-order valence-corrected chi connectivity index (χ3v) is 4.59. The van der Waals surface area contributed by atoms with Crippen molar-refractivity contribution < 1.29 is 4.74 Å². The van der Waals surface area contributed by atoms with E-state index in [-0.39, 0.29) is 6.04 Å². The van der Waals surface area contributed by atoms with Gasteiger partial charge in [0.05, 0.1) is 18.8 Å². The molecule has 4 rings (SSSR count). The summed E-state index contributed by atoms with van der Waals surface area (Å²) in [5, 5.41) is 3.25. The maximum absolute atomic E-state index is 5.23. The molecule has 26 heavy (non-hydrogen) atoms. The number of rotatable bonds is 4. The van der Waals surface area contributed by atoms with E-state index in [1.807, 2.05) is 48.7 Å². The van der Waals surface area contributed by atoms with Crippen LogP contribution in [0.3, 0.4) is 0 Å². The molecule has 1 N–H and O–H groups in total. The monoisotopic (exact) mass is 344 g/mol. The van der Waals surface area contributed by atoms with Crippen LogP contribution in [0.2, 0.25) is 0 Å². The van der Waals surface area contributed by atoms with Crippen LogP contribution in [0.4, 0.5) is 5.82 Å². The molecule has 1 aromatic heterocycles. The SMILES string of the molecule is C=c1nc2c(n1C(C)c1ccccc1)=NC(c1ccc(OC)cc1)=CN2. The van der Waals surface area contributed by atoms with Crippen LogP contribution in [-0.4, -0.2) is 16.7 Å². The predicted molar refractivity (Wildman–Crippen MR) is 103 cm³/mol. The van der Waals surface area contributed by atoms with E-state index >= 15 is 0 Å². The predicted octanol–water partition coefficient (Wildman–Crippen LogP) is 2.96. The molecule has 0 fully saturated rings. The number of aromatic nitrogens is 2. The van der Waals surface area contributed by atoms with E-state index < -0.39 is 0 Å². The van der Waals surface area contributed by atoms with Crippen LogP contribution in [0.15, 0.2) is 65.8 Å². The van der Waals surface area contributed by atoms with Crippen molar-refractivity contribution in [2.24, 2.45) is 4.99 Å². The Bertz CT molecular complexity index is 1070. The second-order valence-corrected chi connectivity index (χ2v) is 6.17. The normalized spacial score (nSPS) is 13.8. The van der Waals surface area contributed by atoms with Crippen molar-refractivity contribution in [3.63, 3.8) is 0 Å². The van der Waals surface area contributed by atoms with E-state index in [2.05, 4.69) is 40.5 Å². The van der Waals surface area contributed by atoms with Crippen LogP contribution < -0.4 is 21.0 Å². The Labute approximate surface area is 152 Å². The second-order valence-electron chi connectivity index (χ2n) is 6.17. The van der Waals surface area contributed by atoms with Crippen molar-refractivity contribution >= 4 is 18.1 Å². The molecule has 2 heterocycles. The minimum Gasteiger partial charge on any atom is -0.497 e. The number of nitrogens with one attached hydrogen (secondary N) is 1. The minimum atomic E-state index is 0.0840. The summed E-state index contributed by atoms with van der Waals surface area (Å²) < 4.78 is 7.29. The van der Waals surface area contributed by atoms with Gasteiger partial charge in [-0.2, -0.15) is 0 Å². The van der Waals surface area contributed by atoms with Gasteiger partial charge in [-0.3, -0.25) is 0 Å². The van der Waals surface area contributed by atoms with Crippen molar-refractivity contribution in [3.05, 3.63) is 82.9 Å². The molecule has 0 amide bonds. The summed E-state index contributed by atoms with van der Waals surface area (Å²) in [5.41, 5.74) is 4.52. The highest BCUT2D eigenvalue weighted by Gasteiger charge is 2.17. The number of benzene rings is 2. The van der Waals surface area contributed by atoms with Crippen LogP contribution in [0, 0.1) is 0 Å². The molecule has 0 spiro atoms. The smallest absolute Gasteiger partial charge is 0.179 e. The molecular weight excluding hydrogens is 324 g/mol. The fraction of sp³-hybridized carbons (Fsp3) is 0.143. The number of anilines is 1. The Morgan fingerprint density at radius 3 is 2.50 bits per heavy atom. The van der Waals surface area contributed by atoms with Gasteiger partial charge in [0.15, 0.2) is 11.3 Å². The molecule has 0 bridgehead atoms. The number of hydrogen-bond donors (Lipinski definition) is 1. The fourth-order valence-electron chi connectivity index (χ4n) is 3.15. The van der Waals surface area contributed by atoms with Crippen LogP contribution in [0.1, 0.15) is 24.1 Å². The molecule has 0 radical (unpaired) electrons. The first-order valence-electron chi connectivity index (χ1n) is 8.49. The molecule has 2 aromatic carbocycles. The Balaban J connectivity index is 1.79. The van der Waals surface area contributed by atoms with Gasteiger partial charge in [0, 0.05) is 11.8 Å². The summed E-state index contributed by atoms with van der Waals surface area (Å²) in [6.45, 7) is 6.24. The van der Waals surface area contributed by atoms with E-state index in [9.17, 15) is 0 Å². The Hall–Kier alpha value is -3.34. The third kappa shape index (κ3) is 2.77.